The lowest BCUT2D eigenvalue weighted by Gasteiger charge is -2.16. The molecule has 0 N–H and O–H groups in total. The van der Waals surface area contributed by atoms with Gasteiger partial charge in [-0.15, -0.1) is 0 Å². The van der Waals surface area contributed by atoms with Crippen LogP contribution >= 0.6 is 10.7 Å². The number of carbonyl (C=O) groups excluding carboxylic acids is 1. The smallest absolute Gasteiger partial charge is 0.264 e. The van der Waals surface area contributed by atoms with Gasteiger partial charge in [-0.05, 0) is 26.7 Å². The molecular formula is C11H16ClN3O3S. The Balaban J connectivity index is 2.24. The van der Waals surface area contributed by atoms with E-state index in [1.165, 1.54) is 4.68 Å². The summed E-state index contributed by atoms with van der Waals surface area (Å²) in [7, 11) is 3.28. The fourth-order valence-electron chi connectivity index (χ4n) is 2.09. The fourth-order valence-corrected chi connectivity index (χ4v) is 3.61. The number of aryl methyl sites for hydroxylation is 1. The van der Waals surface area contributed by atoms with Crippen LogP contribution in [0, 0.1) is 13.8 Å². The molecule has 6 nitrogen and oxygen atoms in total. The molecule has 1 aromatic rings. The maximum Gasteiger partial charge on any atom is 0.264 e. The van der Waals surface area contributed by atoms with Gasteiger partial charge in [0.1, 0.15) is 11.4 Å². The standard InChI is InChI=1S/C11H16ClN3O3S/c1-7-11(19(12,17)18)8(2)15(13-7)6-10(16)14(3)9-4-5-9/h9H,4-6H2,1-3H3. The molecule has 0 spiro atoms. The summed E-state index contributed by atoms with van der Waals surface area (Å²) in [5, 5.41) is 4.08. The van der Waals surface area contributed by atoms with Crippen molar-refractivity contribution in [2.45, 2.75) is 44.2 Å². The van der Waals surface area contributed by atoms with Crippen molar-refractivity contribution in [3.05, 3.63) is 11.4 Å². The van der Waals surface area contributed by atoms with Crippen molar-refractivity contribution in [2.24, 2.45) is 0 Å². The summed E-state index contributed by atoms with van der Waals surface area (Å²) in [6.45, 7) is 3.19. The van der Waals surface area contributed by atoms with E-state index in [0.717, 1.165) is 12.8 Å². The minimum absolute atomic E-state index is 0.00367. The number of hydrogen-bond acceptors (Lipinski definition) is 4. The Labute approximate surface area is 116 Å². The number of halogens is 1. The number of nitrogens with zero attached hydrogens (tertiary/aromatic N) is 3. The molecule has 0 radical (unpaired) electrons. The highest BCUT2D eigenvalue weighted by Gasteiger charge is 2.30. The Bertz CT molecular complexity index is 619. The monoisotopic (exact) mass is 305 g/mol. The zero-order chi connectivity index (χ0) is 14.4. The lowest BCUT2D eigenvalue weighted by Crippen LogP contribution is -2.32. The van der Waals surface area contributed by atoms with Gasteiger partial charge in [0.25, 0.3) is 9.05 Å². The third kappa shape index (κ3) is 2.92. The Kier molecular flexibility index (Phi) is 3.61. The SMILES string of the molecule is Cc1nn(CC(=O)N(C)C2CC2)c(C)c1S(=O)(=O)Cl. The van der Waals surface area contributed by atoms with Gasteiger partial charge in [-0.3, -0.25) is 9.48 Å². The third-order valence-electron chi connectivity index (χ3n) is 3.33. The molecule has 0 aromatic carbocycles. The second-order valence-electron chi connectivity index (χ2n) is 4.83. The van der Waals surface area contributed by atoms with Crippen LogP contribution in [0.1, 0.15) is 24.2 Å². The van der Waals surface area contributed by atoms with Crippen LogP contribution in [0.3, 0.4) is 0 Å². The molecule has 1 aliphatic carbocycles. The summed E-state index contributed by atoms with van der Waals surface area (Å²) in [6.07, 6.45) is 2.06. The van der Waals surface area contributed by atoms with Crippen LogP contribution in [-0.4, -0.2) is 42.1 Å². The molecule has 1 heterocycles. The summed E-state index contributed by atoms with van der Waals surface area (Å²) in [6, 6.07) is 0.320. The van der Waals surface area contributed by atoms with E-state index < -0.39 is 9.05 Å². The zero-order valence-electron chi connectivity index (χ0n) is 11.1. The normalized spacial score (nSPS) is 15.6. The quantitative estimate of drug-likeness (QED) is 0.779. The van der Waals surface area contributed by atoms with E-state index in [4.69, 9.17) is 10.7 Å². The Morgan fingerprint density at radius 3 is 2.47 bits per heavy atom. The maximum absolute atomic E-state index is 12.0. The topological polar surface area (TPSA) is 72.3 Å². The summed E-state index contributed by atoms with van der Waals surface area (Å²) < 4.78 is 24.3. The number of likely N-dealkylation sites (N-methyl/N-ethyl adjacent to an activating group) is 1. The van der Waals surface area contributed by atoms with Crippen molar-refractivity contribution in [1.82, 2.24) is 14.7 Å². The number of rotatable bonds is 4. The number of carbonyl (C=O) groups is 1. The lowest BCUT2D eigenvalue weighted by molar-refractivity contribution is -0.131. The molecule has 1 saturated carbocycles. The van der Waals surface area contributed by atoms with Crippen LogP contribution in [0.4, 0.5) is 0 Å². The number of hydrogen-bond donors (Lipinski definition) is 0. The first-order valence-electron chi connectivity index (χ1n) is 5.96. The van der Waals surface area contributed by atoms with E-state index in [1.54, 1.807) is 25.8 Å². The molecule has 0 bridgehead atoms. The van der Waals surface area contributed by atoms with Crippen molar-refractivity contribution in [1.29, 1.82) is 0 Å². The van der Waals surface area contributed by atoms with Crippen LogP contribution < -0.4 is 0 Å². The van der Waals surface area contributed by atoms with E-state index in [1.807, 2.05) is 0 Å². The van der Waals surface area contributed by atoms with Gasteiger partial charge in [-0.1, -0.05) is 0 Å². The Morgan fingerprint density at radius 2 is 2.05 bits per heavy atom. The molecule has 0 saturated heterocycles. The van der Waals surface area contributed by atoms with Crippen molar-refractivity contribution >= 4 is 25.6 Å². The molecular weight excluding hydrogens is 290 g/mol. The predicted molar refractivity (Wildman–Crippen MR) is 70.5 cm³/mol. The van der Waals surface area contributed by atoms with Gasteiger partial charge in [0.2, 0.25) is 5.91 Å². The van der Waals surface area contributed by atoms with Gasteiger partial charge in [-0.25, -0.2) is 8.42 Å². The Morgan fingerprint density at radius 1 is 1.47 bits per heavy atom. The first-order chi connectivity index (χ1) is 8.71. The largest absolute Gasteiger partial charge is 0.341 e. The lowest BCUT2D eigenvalue weighted by atomic mass is 10.4. The van der Waals surface area contributed by atoms with Gasteiger partial charge in [-0.2, -0.15) is 5.10 Å². The van der Waals surface area contributed by atoms with Gasteiger partial charge in [0.05, 0.1) is 11.4 Å². The second kappa shape index (κ2) is 4.79. The molecule has 0 unspecified atom stereocenters. The van der Waals surface area contributed by atoms with Crippen molar-refractivity contribution in [3.8, 4) is 0 Å². The summed E-state index contributed by atoms with van der Waals surface area (Å²) in [4.78, 5) is 13.7. The third-order valence-corrected chi connectivity index (χ3v) is 4.87. The molecule has 1 aliphatic rings. The van der Waals surface area contributed by atoms with Crippen LogP contribution in [-0.2, 0) is 20.4 Å². The second-order valence-corrected chi connectivity index (χ2v) is 7.33. The van der Waals surface area contributed by atoms with E-state index in [2.05, 4.69) is 5.10 Å². The molecule has 1 amide bonds. The van der Waals surface area contributed by atoms with Crippen LogP contribution in [0.25, 0.3) is 0 Å². The van der Waals surface area contributed by atoms with E-state index in [9.17, 15) is 13.2 Å². The number of amides is 1. The molecule has 106 valence electrons. The van der Waals surface area contributed by atoms with E-state index in [-0.39, 0.29) is 17.3 Å². The highest BCUT2D eigenvalue weighted by molar-refractivity contribution is 8.13. The van der Waals surface area contributed by atoms with Crippen molar-refractivity contribution < 1.29 is 13.2 Å². The zero-order valence-corrected chi connectivity index (χ0v) is 12.6. The van der Waals surface area contributed by atoms with Crippen LogP contribution in [0.5, 0.6) is 0 Å². The first-order valence-corrected chi connectivity index (χ1v) is 8.27. The predicted octanol–water partition coefficient (Wildman–Crippen LogP) is 1.05. The fraction of sp³-hybridized carbons (Fsp3) is 0.636. The average molecular weight is 306 g/mol. The van der Waals surface area contributed by atoms with Gasteiger partial charge < -0.3 is 4.90 Å². The number of aromatic nitrogens is 2. The Hall–Kier alpha value is -1.08. The highest BCUT2D eigenvalue weighted by Crippen LogP contribution is 2.26. The average Bonchev–Trinajstić information content (AvgIpc) is 3.04. The van der Waals surface area contributed by atoms with E-state index in [0.29, 0.717) is 17.4 Å². The minimum Gasteiger partial charge on any atom is -0.341 e. The highest BCUT2D eigenvalue weighted by atomic mass is 35.7. The molecule has 19 heavy (non-hydrogen) atoms. The molecule has 1 fully saturated rings. The van der Waals surface area contributed by atoms with Gasteiger partial charge in [0, 0.05) is 23.8 Å². The van der Waals surface area contributed by atoms with Crippen LogP contribution in [0.15, 0.2) is 4.90 Å². The van der Waals surface area contributed by atoms with Crippen molar-refractivity contribution in [3.63, 3.8) is 0 Å². The molecule has 2 rings (SSSR count). The molecule has 8 heteroatoms. The summed E-state index contributed by atoms with van der Waals surface area (Å²) in [5.74, 6) is -0.0772. The van der Waals surface area contributed by atoms with Gasteiger partial charge in [0.15, 0.2) is 0 Å². The van der Waals surface area contributed by atoms with Gasteiger partial charge >= 0.3 is 0 Å². The first kappa shape index (κ1) is 14.3. The van der Waals surface area contributed by atoms with E-state index >= 15 is 0 Å². The van der Waals surface area contributed by atoms with Crippen molar-refractivity contribution in [2.75, 3.05) is 7.05 Å². The molecule has 0 aliphatic heterocycles. The summed E-state index contributed by atoms with van der Waals surface area (Å²) >= 11 is 0. The maximum atomic E-state index is 12.0. The van der Waals surface area contributed by atoms with Crippen LogP contribution in [0.2, 0.25) is 0 Å². The molecule has 0 atom stereocenters. The molecule has 1 aromatic heterocycles. The minimum atomic E-state index is -3.84. The summed E-state index contributed by atoms with van der Waals surface area (Å²) in [5.41, 5.74) is 0.708.